The van der Waals surface area contributed by atoms with E-state index < -0.39 is 97.5 Å². The first-order valence-corrected chi connectivity index (χ1v) is 36.1. The molecule has 0 radical (unpaired) electrons. The van der Waals surface area contributed by atoms with E-state index in [1.54, 1.807) is 0 Å². The van der Waals surface area contributed by atoms with Crippen LogP contribution in [0, 0.1) is 11.8 Å². The number of ether oxygens (including phenoxy) is 4. The lowest BCUT2D eigenvalue weighted by molar-refractivity contribution is -0.161. The number of esters is 4. The molecule has 0 saturated heterocycles. The largest absolute Gasteiger partial charge is 0.472 e. The first-order chi connectivity index (χ1) is 39.4. The van der Waals surface area contributed by atoms with Crippen LogP contribution >= 0.6 is 15.6 Å². The van der Waals surface area contributed by atoms with Crippen molar-refractivity contribution in [1.82, 2.24) is 0 Å². The van der Waals surface area contributed by atoms with E-state index in [4.69, 9.17) is 37.0 Å². The molecule has 0 bridgehead atoms. The summed E-state index contributed by atoms with van der Waals surface area (Å²) in [6, 6.07) is 0. The Balaban J connectivity index is 5.23. The van der Waals surface area contributed by atoms with Crippen molar-refractivity contribution in [1.29, 1.82) is 0 Å². The highest BCUT2D eigenvalue weighted by Gasteiger charge is 2.30. The number of carbonyl (C=O) groups excluding carboxylic acids is 4. The second kappa shape index (κ2) is 55.6. The van der Waals surface area contributed by atoms with Crippen LogP contribution in [0.2, 0.25) is 0 Å². The fourth-order valence-electron chi connectivity index (χ4n) is 9.29. The second-order valence-electron chi connectivity index (χ2n) is 23.3. The molecule has 4 unspecified atom stereocenters. The average Bonchev–Trinajstić information content (AvgIpc) is 3.45. The molecule has 0 rings (SSSR count). The van der Waals surface area contributed by atoms with Gasteiger partial charge in [-0.2, -0.15) is 0 Å². The van der Waals surface area contributed by atoms with Crippen LogP contribution in [-0.2, 0) is 65.4 Å². The maximum atomic E-state index is 13.0. The fraction of sp³-hybridized carbons (Fsp3) is 0.937. The lowest BCUT2D eigenvalue weighted by Gasteiger charge is -2.21. The molecular weight excluding hydrogens is 1090 g/mol. The predicted molar refractivity (Wildman–Crippen MR) is 326 cm³/mol. The summed E-state index contributed by atoms with van der Waals surface area (Å²) >= 11 is 0. The van der Waals surface area contributed by atoms with Crippen LogP contribution in [0.15, 0.2) is 0 Å². The van der Waals surface area contributed by atoms with E-state index in [-0.39, 0.29) is 25.7 Å². The highest BCUT2D eigenvalue weighted by atomic mass is 31.2. The Morgan fingerprint density at radius 3 is 0.866 bits per heavy atom. The van der Waals surface area contributed by atoms with Crippen LogP contribution in [0.4, 0.5) is 0 Å². The number of phosphoric acid groups is 2. The van der Waals surface area contributed by atoms with Gasteiger partial charge in [-0.3, -0.25) is 37.3 Å². The van der Waals surface area contributed by atoms with Gasteiger partial charge in [-0.05, 0) is 37.5 Å². The van der Waals surface area contributed by atoms with Crippen molar-refractivity contribution in [3.05, 3.63) is 0 Å². The zero-order valence-corrected chi connectivity index (χ0v) is 54.6. The molecule has 0 saturated carbocycles. The van der Waals surface area contributed by atoms with Gasteiger partial charge in [0.2, 0.25) is 0 Å². The van der Waals surface area contributed by atoms with Gasteiger partial charge in [0.05, 0.1) is 26.4 Å². The third-order valence-electron chi connectivity index (χ3n) is 15.2. The van der Waals surface area contributed by atoms with E-state index in [1.165, 1.54) is 116 Å². The first kappa shape index (κ1) is 80.1. The minimum absolute atomic E-state index is 0.102. The van der Waals surface area contributed by atoms with Crippen LogP contribution in [0.25, 0.3) is 0 Å². The standard InChI is InChI=1S/C63H122O17P2/c1-7-11-13-15-17-18-19-23-27-34-40-46-61(66)74-52-58(79-62(67)47-41-35-28-24-21-20-22-26-31-37-43-55(5)9-3)53-77-81(69,70)75-49-57(64)50-76-82(71,72)78-54-59(51-73-60(65)45-39-33-25-16-14-12-8-2)80-63(68)48-42-36-30-29-32-38-44-56(6)10-4/h55-59,64H,7-54H2,1-6H3,(H,69,70)(H,71,72)/t55?,56?,57-,58-,59-/m1/s1. The zero-order chi connectivity index (χ0) is 60.8. The number of aliphatic hydroxyl groups excluding tert-OH is 1. The van der Waals surface area contributed by atoms with Crippen molar-refractivity contribution >= 4 is 39.5 Å². The summed E-state index contributed by atoms with van der Waals surface area (Å²) in [5.74, 6) is -0.617. The summed E-state index contributed by atoms with van der Waals surface area (Å²) in [5.41, 5.74) is 0. The van der Waals surface area contributed by atoms with Crippen molar-refractivity contribution in [2.45, 2.75) is 330 Å². The maximum Gasteiger partial charge on any atom is 0.472 e. The Bertz CT molecular complexity index is 1620. The Morgan fingerprint density at radius 1 is 0.341 bits per heavy atom. The number of hydrogen-bond acceptors (Lipinski definition) is 15. The summed E-state index contributed by atoms with van der Waals surface area (Å²) in [6.45, 7) is 9.42. The summed E-state index contributed by atoms with van der Waals surface area (Å²) < 4.78 is 67.9. The molecule has 0 aliphatic heterocycles. The molecule has 0 aromatic rings. The van der Waals surface area contributed by atoms with Gasteiger partial charge in [-0.1, -0.05) is 260 Å². The van der Waals surface area contributed by atoms with Crippen LogP contribution in [0.3, 0.4) is 0 Å². The Labute approximate surface area is 498 Å². The molecule has 0 aliphatic rings. The van der Waals surface area contributed by atoms with Crippen molar-refractivity contribution in [2.75, 3.05) is 39.6 Å². The number of carbonyl (C=O) groups is 4. The topological polar surface area (TPSA) is 237 Å². The highest BCUT2D eigenvalue weighted by molar-refractivity contribution is 7.47. The molecule has 0 aliphatic carbocycles. The highest BCUT2D eigenvalue weighted by Crippen LogP contribution is 2.45. The second-order valence-corrected chi connectivity index (χ2v) is 26.2. The van der Waals surface area contributed by atoms with Gasteiger partial charge in [0.1, 0.15) is 19.3 Å². The van der Waals surface area contributed by atoms with Crippen LogP contribution < -0.4 is 0 Å². The minimum atomic E-state index is -4.94. The van der Waals surface area contributed by atoms with Gasteiger partial charge in [-0.15, -0.1) is 0 Å². The third-order valence-corrected chi connectivity index (χ3v) is 17.1. The van der Waals surface area contributed by atoms with Crippen LogP contribution in [0.5, 0.6) is 0 Å². The fourth-order valence-corrected chi connectivity index (χ4v) is 10.9. The number of rotatable bonds is 62. The molecule has 0 aromatic heterocycles. The first-order valence-electron chi connectivity index (χ1n) is 33.1. The van der Waals surface area contributed by atoms with E-state index >= 15 is 0 Å². The van der Waals surface area contributed by atoms with E-state index in [2.05, 4.69) is 41.5 Å². The lowest BCUT2D eigenvalue weighted by atomic mass is 9.99. The molecule has 82 heavy (non-hydrogen) atoms. The number of unbranched alkanes of at least 4 members (excludes halogenated alkanes) is 30. The molecule has 0 spiro atoms. The summed E-state index contributed by atoms with van der Waals surface area (Å²) in [5, 5.41) is 10.5. The molecule has 7 atom stereocenters. The number of aliphatic hydroxyl groups is 1. The van der Waals surface area contributed by atoms with Gasteiger partial charge >= 0.3 is 39.5 Å². The van der Waals surface area contributed by atoms with Crippen LogP contribution in [-0.4, -0.2) is 96.7 Å². The van der Waals surface area contributed by atoms with Crippen LogP contribution in [0.1, 0.15) is 311 Å². The molecular formula is C63H122O17P2. The molecule has 0 aromatic carbocycles. The Hall–Kier alpha value is -1.94. The predicted octanol–water partition coefficient (Wildman–Crippen LogP) is 17.3. The Morgan fingerprint density at radius 2 is 0.585 bits per heavy atom. The summed E-state index contributed by atoms with van der Waals surface area (Å²) in [4.78, 5) is 72.1. The van der Waals surface area contributed by atoms with Gasteiger partial charge in [0.15, 0.2) is 12.2 Å². The molecule has 0 heterocycles. The third kappa shape index (κ3) is 54.7. The van der Waals surface area contributed by atoms with Gasteiger partial charge in [0, 0.05) is 25.7 Å². The SMILES string of the molecule is CCCCCCCCCCCCCC(=O)OC[C@H](COP(=O)(O)OC[C@@H](O)COP(=O)(O)OC[C@@H](COC(=O)CCCCCCCCC)OC(=O)CCCCCCCCC(C)CC)OC(=O)CCCCCCCCCCCCC(C)CC. The number of hydrogen-bond donors (Lipinski definition) is 3. The zero-order valence-electron chi connectivity index (χ0n) is 52.8. The van der Waals surface area contributed by atoms with Crippen molar-refractivity contribution in [2.24, 2.45) is 11.8 Å². The molecule has 3 N–H and O–H groups in total. The molecule has 0 amide bonds. The van der Waals surface area contributed by atoms with E-state index in [9.17, 15) is 43.2 Å². The smallest absolute Gasteiger partial charge is 0.462 e. The monoisotopic (exact) mass is 1210 g/mol. The van der Waals surface area contributed by atoms with Gasteiger partial charge in [0.25, 0.3) is 0 Å². The van der Waals surface area contributed by atoms with E-state index in [1.807, 2.05) is 0 Å². The van der Waals surface area contributed by atoms with Gasteiger partial charge < -0.3 is 33.8 Å². The average molecular weight is 1210 g/mol. The summed E-state index contributed by atoms with van der Waals surface area (Å²) in [7, 11) is -9.88. The summed E-state index contributed by atoms with van der Waals surface area (Å²) in [6.07, 6.45) is 37.6. The van der Waals surface area contributed by atoms with Crippen molar-refractivity contribution in [3.8, 4) is 0 Å². The molecule has 0 fully saturated rings. The van der Waals surface area contributed by atoms with Gasteiger partial charge in [-0.25, -0.2) is 9.13 Å². The van der Waals surface area contributed by atoms with E-state index in [0.29, 0.717) is 25.7 Å². The molecule has 486 valence electrons. The molecule has 19 heteroatoms. The Kier molecular flexibility index (Phi) is 54.3. The van der Waals surface area contributed by atoms with Crippen molar-refractivity contribution in [3.63, 3.8) is 0 Å². The number of phosphoric ester groups is 2. The van der Waals surface area contributed by atoms with E-state index in [0.717, 1.165) is 115 Å². The maximum absolute atomic E-state index is 13.0. The minimum Gasteiger partial charge on any atom is -0.462 e. The quantitative estimate of drug-likeness (QED) is 0.0222. The lowest BCUT2D eigenvalue weighted by Crippen LogP contribution is -2.30. The molecule has 17 nitrogen and oxygen atoms in total. The van der Waals surface area contributed by atoms with Crippen molar-refractivity contribution < 1.29 is 80.2 Å². The normalized spacial score (nSPS) is 15.0.